The third-order valence-electron chi connectivity index (χ3n) is 5.70. The molecule has 2 aromatic carbocycles. The maximum absolute atomic E-state index is 13.9. The van der Waals surface area contributed by atoms with Gasteiger partial charge in [0.25, 0.3) is 5.56 Å². The van der Waals surface area contributed by atoms with Gasteiger partial charge in [-0.3, -0.25) is 9.36 Å². The van der Waals surface area contributed by atoms with Gasteiger partial charge in [0.05, 0.1) is 44.7 Å². The number of allylic oxidation sites excluding steroid dienone is 1. The van der Waals surface area contributed by atoms with E-state index in [0.717, 1.165) is 9.13 Å². The van der Waals surface area contributed by atoms with Gasteiger partial charge in [-0.2, -0.15) is 0 Å². The first kappa shape index (κ1) is 28.4. The quantitative estimate of drug-likeness (QED) is 0.243. The Morgan fingerprint density at radius 3 is 2.55 bits per heavy atom. The van der Waals surface area contributed by atoms with E-state index in [1.165, 1.54) is 11.3 Å². The first-order valence-corrected chi connectivity index (χ1v) is 14.5. The Labute approximate surface area is 243 Å². The number of ether oxygens (including phenoxy) is 3. The van der Waals surface area contributed by atoms with Gasteiger partial charge in [0.2, 0.25) is 0 Å². The van der Waals surface area contributed by atoms with Gasteiger partial charge in [-0.05, 0) is 93.1 Å². The van der Waals surface area contributed by atoms with Crippen LogP contribution in [0.2, 0.25) is 5.02 Å². The van der Waals surface area contributed by atoms with E-state index in [4.69, 9.17) is 25.8 Å². The number of thiazole rings is 1. The molecule has 0 spiro atoms. The second-order valence-corrected chi connectivity index (χ2v) is 11.4. The lowest BCUT2D eigenvalue weighted by Crippen LogP contribution is -2.39. The number of halogens is 2. The third kappa shape index (κ3) is 5.84. The summed E-state index contributed by atoms with van der Waals surface area (Å²) in [5.41, 5.74) is 2.01. The van der Waals surface area contributed by atoms with Crippen molar-refractivity contribution in [3.05, 3.63) is 87.1 Å². The summed E-state index contributed by atoms with van der Waals surface area (Å²) >= 11 is 9.79. The van der Waals surface area contributed by atoms with Gasteiger partial charge in [0.1, 0.15) is 11.5 Å². The number of fused-ring (bicyclic) bond motifs is 1. The van der Waals surface area contributed by atoms with Gasteiger partial charge in [-0.25, -0.2) is 9.79 Å². The van der Waals surface area contributed by atoms with Crippen LogP contribution in [-0.2, 0) is 9.53 Å². The highest BCUT2D eigenvalue weighted by Crippen LogP contribution is 2.33. The van der Waals surface area contributed by atoms with E-state index in [0.29, 0.717) is 49.3 Å². The van der Waals surface area contributed by atoms with E-state index < -0.39 is 12.0 Å². The molecule has 7 nitrogen and oxygen atoms in total. The fourth-order valence-electron chi connectivity index (χ4n) is 4.21. The smallest absolute Gasteiger partial charge is 0.338 e. The molecule has 38 heavy (non-hydrogen) atoms. The van der Waals surface area contributed by atoms with Crippen LogP contribution in [0.25, 0.3) is 6.08 Å². The van der Waals surface area contributed by atoms with Crippen molar-refractivity contribution < 1.29 is 19.0 Å². The molecule has 3 aromatic rings. The molecule has 1 aromatic heterocycles. The molecule has 0 saturated heterocycles. The van der Waals surface area contributed by atoms with Crippen LogP contribution in [-0.4, -0.2) is 29.9 Å². The standard InChI is InChI=1S/C28H28ClIN2O5S/c1-6-35-20-10-8-17(9-11-20)24-23(27(34)36-7-2)16(5)31-28-32(24)26(33)22(38-28)13-18-12-19(29)14-21(30)25(18)37-15(3)4/h8-15,24H,6-7H2,1-5H3/b22-13-/t24-/m1/s1. The van der Waals surface area contributed by atoms with Crippen LogP contribution >= 0.6 is 45.5 Å². The largest absolute Gasteiger partial charge is 0.494 e. The van der Waals surface area contributed by atoms with Gasteiger partial charge in [-0.1, -0.05) is 35.1 Å². The van der Waals surface area contributed by atoms with Crippen molar-refractivity contribution >= 4 is 57.6 Å². The molecule has 0 saturated carbocycles. The van der Waals surface area contributed by atoms with E-state index in [9.17, 15) is 9.59 Å². The number of hydrogen-bond donors (Lipinski definition) is 0. The highest BCUT2D eigenvalue weighted by Gasteiger charge is 2.33. The average Bonchev–Trinajstić information content (AvgIpc) is 3.15. The highest BCUT2D eigenvalue weighted by molar-refractivity contribution is 14.1. The Kier molecular flexibility index (Phi) is 9.00. The molecule has 0 aliphatic carbocycles. The van der Waals surface area contributed by atoms with Crippen LogP contribution in [0.1, 0.15) is 51.8 Å². The summed E-state index contributed by atoms with van der Waals surface area (Å²) in [5.74, 6) is 0.858. The van der Waals surface area contributed by atoms with Crippen LogP contribution in [0.4, 0.5) is 0 Å². The highest BCUT2D eigenvalue weighted by atomic mass is 127. The van der Waals surface area contributed by atoms with Crippen molar-refractivity contribution in [2.45, 2.75) is 46.8 Å². The number of carbonyl (C=O) groups is 1. The van der Waals surface area contributed by atoms with Crippen LogP contribution in [0.15, 0.2) is 57.5 Å². The van der Waals surface area contributed by atoms with E-state index in [1.807, 2.05) is 51.1 Å². The second-order valence-electron chi connectivity index (χ2n) is 8.78. The molecule has 10 heteroatoms. The van der Waals surface area contributed by atoms with Crippen molar-refractivity contribution in [3.8, 4) is 11.5 Å². The number of aromatic nitrogens is 1. The molecule has 1 aliphatic heterocycles. The van der Waals surface area contributed by atoms with Crippen molar-refractivity contribution in [3.63, 3.8) is 0 Å². The zero-order valence-corrected chi connectivity index (χ0v) is 25.4. The lowest BCUT2D eigenvalue weighted by Gasteiger charge is -2.24. The van der Waals surface area contributed by atoms with Crippen molar-refractivity contribution in [1.29, 1.82) is 0 Å². The van der Waals surface area contributed by atoms with E-state index in [1.54, 1.807) is 30.6 Å². The van der Waals surface area contributed by atoms with E-state index in [2.05, 4.69) is 27.6 Å². The van der Waals surface area contributed by atoms with Crippen molar-refractivity contribution in [2.24, 2.45) is 4.99 Å². The molecule has 1 atom stereocenters. The predicted octanol–water partition coefficient (Wildman–Crippen LogP) is 5.24. The number of esters is 1. The van der Waals surface area contributed by atoms with Crippen molar-refractivity contribution in [2.75, 3.05) is 13.2 Å². The molecular formula is C28H28ClIN2O5S. The summed E-state index contributed by atoms with van der Waals surface area (Å²) in [6.07, 6.45) is 1.71. The Hall–Kier alpha value is -2.63. The number of benzene rings is 2. The lowest BCUT2D eigenvalue weighted by atomic mass is 9.96. The normalized spacial score (nSPS) is 15.4. The Bertz CT molecular complexity index is 1570. The van der Waals surface area contributed by atoms with Crippen LogP contribution in [0, 0.1) is 3.57 Å². The van der Waals surface area contributed by atoms with Crippen LogP contribution in [0.3, 0.4) is 0 Å². The zero-order chi connectivity index (χ0) is 27.6. The lowest BCUT2D eigenvalue weighted by molar-refractivity contribution is -0.139. The summed E-state index contributed by atoms with van der Waals surface area (Å²) in [4.78, 5) is 32.1. The predicted molar refractivity (Wildman–Crippen MR) is 158 cm³/mol. The molecule has 1 aliphatic rings. The molecule has 200 valence electrons. The topological polar surface area (TPSA) is 79.1 Å². The fourth-order valence-corrected chi connectivity index (χ4v) is 6.43. The minimum absolute atomic E-state index is 0.0625. The van der Waals surface area contributed by atoms with Gasteiger partial charge in [0, 0.05) is 10.6 Å². The van der Waals surface area contributed by atoms with Gasteiger partial charge in [0.15, 0.2) is 4.80 Å². The van der Waals surface area contributed by atoms with E-state index >= 15 is 0 Å². The first-order chi connectivity index (χ1) is 18.1. The monoisotopic (exact) mass is 666 g/mol. The molecule has 0 N–H and O–H groups in total. The molecule has 0 fully saturated rings. The summed E-state index contributed by atoms with van der Waals surface area (Å²) in [6, 6.07) is 10.3. The number of hydrogen-bond acceptors (Lipinski definition) is 7. The maximum Gasteiger partial charge on any atom is 0.338 e. The molecule has 0 amide bonds. The SMILES string of the molecule is CCOC(=O)C1=C(C)N=c2s/c(=C\c3cc(Cl)cc(I)c3OC(C)C)c(=O)n2[C@@H]1c1ccc(OCC)cc1. The fraction of sp³-hybridized carbons (Fsp3) is 0.321. The van der Waals surface area contributed by atoms with Gasteiger partial charge >= 0.3 is 5.97 Å². The van der Waals surface area contributed by atoms with Crippen LogP contribution < -0.4 is 24.4 Å². The molecule has 0 bridgehead atoms. The second kappa shape index (κ2) is 12.0. The Morgan fingerprint density at radius 2 is 1.92 bits per heavy atom. The van der Waals surface area contributed by atoms with Gasteiger partial charge in [-0.15, -0.1) is 0 Å². The summed E-state index contributed by atoms with van der Waals surface area (Å²) in [5, 5.41) is 0.539. The summed E-state index contributed by atoms with van der Waals surface area (Å²) in [7, 11) is 0. The maximum atomic E-state index is 13.9. The van der Waals surface area contributed by atoms with E-state index in [-0.39, 0.29) is 18.3 Å². The molecule has 2 heterocycles. The minimum atomic E-state index is -0.700. The van der Waals surface area contributed by atoms with Gasteiger partial charge < -0.3 is 14.2 Å². The summed E-state index contributed by atoms with van der Waals surface area (Å²) < 4.78 is 19.9. The zero-order valence-electron chi connectivity index (χ0n) is 21.7. The Balaban J connectivity index is 1.94. The first-order valence-electron chi connectivity index (χ1n) is 12.2. The Morgan fingerprint density at radius 1 is 1.21 bits per heavy atom. The minimum Gasteiger partial charge on any atom is -0.494 e. The van der Waals surface area contributed by atoms with Crippen LogP contribution in [0.5, 0.6) is 11.5 Å². The average molecular weight is 667 g/mol. The third-order valence-corrected chi connectivity index (χ3v) is 7.70. The molecule has 0 unspecified atom stereocenters. The molecular weight excluding hydrogens is 639 g/mol. The number of rotatable bonds is 8. The number of nitrogens with zero attached hydrogens (tertiary/aromatic N) is 2. The number of carbonyl (C=O) groups excluding carboxylic acids is 1. The molecule has 0 radical (unpaired) electrons. The van der Waals surface area contributed by atoms with Crippen molar-refractivity contribution in [1.82, 2.24) is 4.57 Å². The molecule has 4 rings (SSSR count). The summed E-state index contributed by atoms with van der Waals surface area (Å²) in [6.45, 7) is 10.1.